The number of carbonyl (C=O) groups is 1. The number of aryl methyl sites for hydroxylation is 1. The molecule has 0 radical (unpaired) electrons. The number of nitrogens with one attached hydrogen (secondary N) is 2. The van der Waals surface area contributed by atoms with E-state index in [1.54, 1.807) is 6.33 Å². The molecule has 0 unspecified atom stereocenters. The molecule has 2 rings (SSSR count). The number of carbonyl (C=O) groups excluding carboxylic acids is 1. The van der Waals surface area contributed by atoms with Crippen LogP contribution >= 0.6 is 0 Å². The molecule has 19 heavy (non-hydrogen) atoms. The third kappa shape index (κ3) is 4.60. The minimum Gasteiger partial charge on any atom is -0.381 e. The summed E-state index contributed by atoms with van der Waals surface area (Å²) in [5.41, 5.74) is 0. The molecule has 106 valence electrons. The Morgan fingerprint density at radius 2 is 2.32 bits per heavy atom. The average Bonchev–Trinajstić information content (AvgIpc) is 2.81. The Balaban J connectivity index is 1.57. The summed E-state index contributed by atoms with van der Waals surface area (Å²) in [6, 6.07) is 0.266. The van der Waals surface area contributed by atoms with Gasteiger partial charge in [0, 0.05) is 39.3 Å². The number of rotatable bonds is 6. The first-order valence-electron chi connectivity index (χ1n) is 6.66. The largest absolute Gasteiger partial charge is 0.381 e. The Morgan fingerprint density at radius 3 is 3.00 bits per heavy atom. The van der Waals surface area contributed by atoms with Crippen molar-refractivity contribution in [1.29, 1.82) is 0 Å². The number of amides is 1. The van der Waals surface area contributed by atoms with Crippen LogP contribution < -0.4 is 10.6 Å². The maximum Gasteiger partial charge on any atom is 0.234 e. The molecule has 1 aliphatic rings. The molecule has 1 aromatic heterocycles. The van der Waals surface area contributed by atoms with Crippen molar-refractivity contribution in [2.75, 3.05) is 26.3 Å². The highest BCUT2D eigenvalue weighted by atomic mass is 16.5. The van der Waals surface area contributed by atoms with Gasteiger partial charge in [-0.05, 0) is 12.8 Å². The van der Waals surface area contributed by atoms with Gasteiger partial charge in [-0.3, -0.25) is 4.79 Å². The van der Waals surface area contributed by atoms with Gasteiger partial charge in [-0.25, -0.2) is 0 Å². The van der Waals surface area contributed by atoms with Crippen LogP contribution in [0, 0.1) is 0 Å². The summed E-state index contributed by atoms with van der Waals surface area (Å²) in [6.45, 7) is 2.54. The van der Waals surface area contributed by atoms with Gasteiger partial charge in [-0.1, -0.05) is 0 Å². The number of aromatic nitrogens is 3. The molecule has 2 heterocycles. The summed E-state index contributed by atoms with van der Waals surface area (Å²) in [6.07, 6.45) is 4.25. The summed E-state index contributed by atoms with van der Waals surface area (Å²) in [5.74, 6) is 0.960. The Hall–Kier alpha value is -1.47. The van der Waals surface area contributed by atoms with Crippen molar-refractivity contribution in [2.45, 2.75) is 25.3 Å². The lowest BCUT2D eigenvalue weighted by Gasteiger charge is -2.23. The summed E-state index contributed by atoms with van der Waals surface area (Å²) >= 11 is 0. The van der Waals surface area contributed by atoms with Gasteiger partial charge in [0.05, 0.1) is 6.54 Å². The molecule has 0 spiro atoms. The SMILES string of the molecule is Cn1cnnc1CCNCC(=O)NC1CCOCC1. The lowest BCUT2D eigenvalue weighted by Crippen LogP contribution is -2.43. The lowest BCUT2D eigenvalue weighted by atomic mass is 10.1. The van der Waals surface area contributed by atoms with Gasteiger partial charge in [0.25, 0.3) is 0 Å². The third-order valence-electron chi connectivity index (χ3n) is 3.20. The zero-order valence-electron chi connectivity index (χ0n) is 11.3. The van der Waals surface area contributed by atoms with Crippen molar-refractivity contribution in [2.24, 2.45) is 7.05 Å². The molecule has 0 saturated carbocycles. The summed E-state index contributed by atoms with van der Waals surface area (Å²) < 4.78 is 7.13. The maximum absolute atomic E-state index is 11.7. The summed E-state index contributed by atoms with van der Waals surface area (Å²) in [7, 11) is 1.91. The second kappa shape index (κ2) is 7.20. The van der Waals surface area contributed by atoms with Crippen molar-refractivity contribution in [3.05, 3.63) is 12.2 Å². The normalized spacial score (nSPS) is 16.5. The van der Waals surface area contributed by atoms with Gasteiger partial charge in [0.15, 0.2) is 0 Å². The van der Waals surface area contributed by atoms with E-state index in [9.17, 15) is 4.79 Å². The van der Waals surface area contributed by atoms with E-state index in [1.165, 1.54) is 0 Å². The Kier molecular flexibility index (Phi) is 5.29. The van der Waals surface area contributed by atoms with Crippen molar-refractivity contribution in [1.82, 2.24) is 25.4 Å². The smallest absolute Gasteiger partial charge is 0.234 e. The van der Waals surface area contributed by atoms with E-state index in [1.807, 2.05) is 11.6 Å². The third-order valence-corrected chi connectivity index (χ3v) is 3.20. The van der Waals surface area contributed by atoms with E-state index in [0.29, 0.717) is 13.1 Å². The monoisotopic (exact) mass is 267 g/mol. The van der Waals surface area contributed by atoms with Crippen LogP contribution in [-0.4, -0.2) is 53.0 Å². The molecule has 7 nitrogen and oxygen atoms in total. The highest BCUT2D eigenvalue weighted by Gasteiger charge is 2.15. The van der Waals surface area contributed by atoms with Crippen LogP contribution in [0.25, 0.3) is 0 Å². The number of nitrogens with zero attached hydrogens (tertiary/aromatic N) is 3. The van der Waals surface area contributed by atoms with Crippen LogP contribution in [0.5, 0.6) is 0 Å². The number of ether oxygens (including phenoxy) is 1. The summed E-state index contributed by atoms with van der Waals surface area (Å²) in [5, 5.41) is 13.9. The van der Waals surface area contributed by atoms with E-state index >= 15 is 0 Å². The second-order valence-corrected chi connectivity index (χ2v) is 4.74. The standard InChI is InChI=1S/C12H21N5O2/c1-17-9-14-16-11(17)2-5-13-8-12(18)15-10-3-6-19-7-4-10/h9-10,13H,2-8H2,1H3,(H,15,18). The van der Waals surface area contributed by atoms with E-state index in [4.69, 9.17) is 4.74 Å². The Bertz CT molecular complexity index is 401. The van der Waals surface area contributed by atoms with Gasteiger partial charge in [-0.15, -0.1) is 10.2 Å². The van der Waals surface area contributed by atoms with Crippen LogP contribution in [0.2, 0.25) is 0 Å². The zero-order valence-corrected chi connectivity index (χ0v) is 11.3. The van der Waals surface area contributed by atoms with Crippen LogP contribution in [0.1, 0.15) is 18.7 Å². The van der Waals surface area contributed by atoms with Gasteiger partial charge in [-0.2, -0.15) is 0 Å². The zero-order chi connectivity index (χ0) is 13.5. The molecular formula is C12H21N5O2. The number of hydrogen-bond acceptors (Lipinski definition) is 5. The molecule has 0 atom stereocenters. The van der Waals surface area contributed by atoms with Crippen LogP contribution in [0.15, 0.2) is 6.33 Å². The van der Waals surface area contributed by atoms with Gasteiger partial charge in [0.1, 0.15) is 12.2 Å². The molecule has 1 amide bonds. The van der Waals surface area contributed by atoms with E-state index in [-0.39, 0.29) is 11.9 Å². The first-order valence-corrected chi connectivity index (χ1v) is 6.66. The summed E-state index contributed by atoms with van der Waals surface area (Å²) in [4.78, 5) is 11.7. The highest BCUT2D eigenvalue weighted by Crippen LogP contribution is 2.05. The molecule has 2 N–H and O–H groups in total. The van der Waals surface area contributed by atoms with Gasteiger partial charge >= 0.3 is 0 Å². The fraction of sp³-hybridized carbons (Fsp3) is 0.750. The Morgan fingerprint density at radius 1 is 1.53 bits per heavy atom. The van der Waals surface area contributed by atoms with Crippen molar-refractivity contribution < 1.29 is 9.53 Å². The van der Waals surface area contributed by atoms with Crippen molar-refractivity contribution in [3.8, 4) is 0 Å². The fourth-order valence-corrected chi connectivity index (χ4v) is 2.06. The molecule has 1 aliphatic heterocycles. The molecule has 7 heteroatoms. The lowest BCUT2D eigenvalue weighted by molar-refractivity contribution is -0.121. The van der Waals surface area contributed by atoms with E-state index < -0.39 is 0 Å². The minimum atomic E-state index is 0.0462. The first kappa shape index (κ1) is 14.0. The minimum absolute atomic E-state index is 0.0462. The number of hydrogen-bond donors (Lipinski definition) is 2. The Labute approximate surface area is 112 Å². The van der Waals surface area contributed by atoms with Crippen molar-refractivity contribution in [3.63, 3.8) is 0 Å². The van der Waals surface area contributed by atoms with Crippen LogP contribution in [0.3, 0.4) is 0 Å². The molecular weight excluding hydrogens is 246 g/mol. The van der Waals surface area contributed by atoms with E-state index in [0.717, 1.165) is 38.3 Å². The fourth-order valence-electron chi connectivity index (χ4n) is 2.06. The topological polar surface area (TPSA) is 81.1 Å². The van der Waals surface area contributed by atoms with Gasteiger partial charge < -0.3 is 19.9 Å². The predicted molar refractivity (Wildman–Crippen MR) is 69.6 cm³/mol. The average molecular weight is 267 g/mol. The predicted octanol–water partition coefficient (Wildman–Crippen LogP) is -0.758. The maximum atomic E-state index is 11.7. The van der Waals surface area contributed by atoms with Crippen LogP contribution in [0.4, 0.5) is 0 Å². The highest BCUT2D eigenvalue weighted by molar-refractivity contribution is 5.78. The van der Waals surface area contributed by atoms with Crippen molar-refractivity contribution >= 4 is 5.91 Å². The second-order valence-electron chi connectivity index (χ2n) is 4.74. The molecule has 0 aliphatic carbocycles. The quantitative estimate of drug-likeness (QED) is 0.662. The molecule has 1 fully saturated rings. The molecule has 1 saturated heterocycles. The first-order chi connectivity index (χ1) is 9.25. The van der Waals surface area contributed by atoms with Gasteiger partial charge in [0.2, 0.25) is 5.91 Å². The van der Waals surface area contributed by atoms with E-state index in [2.05, 4.69) is 20.8 Å². The molecule has 0 bridgehead atoms. The van der Waals surface area contributed by atoms with Crippen LogP contribution in [-0.2, 0) is 23.0 Å². The molecule has 1 aromatic rings. The molecule has 0 aromatic carbocycles.